The first kappa shape index (κ1) is 21.7. The maximum Gasteiger partial charge on any atom is 0.246 e. The van der Waals surface area contributed by atoms with Gasteiger partial charge in [0.2, 0.25) is 17.7 Å². The Bertz CT molecular complexity index is 1180. The summed E-state index contributed by atoms with van der Waals surface area (Å²) in [6.07, 6.45) is 2.52. The van der Waals surface area contributed by atoms with E-state index < -0.39 is 11.5 Å². The van der Waals surface area contributed by atoms with Crippen LogP contribution in [0.3, 0.4) is 0 Å². The first-order valence-electron chi connectivity index (χ1n) is 12.1. The highest BCUT2D eigenvalue weighted by atomic mass is 32.2. The summed E-state index contributed by atoms with van der Waals surface area (Å²) in [5.41, 5.74) is 0.799. The average molecular weight is 476 g/mol. The smallest absolute Gasteiger partial charge is 0.246 e. The number of piperazine rings is 1. The summed E-state index contributed by atoms with van der Waals surface area (Å²) >= 11 is 1.75. The molecule has 2 aromatic carbocycles. The van der Waals surface area contributed by atoms with Crippen LogP contribution in [-0.2, 0) is 19.8 Å². The molecule has 0 unspecified atom stereocenters. The molecule has 2 aromatic rings. The third-order valence-corrected chi connectivity index (χ3v) is 9.23. The quantitative estimate of drug-likeness (QED) is 0.683. The predicted molar refractivity (Wildman–Crippen MR) is 132 cm³/mol. The van der Waals surface area contributed by atoms with Crippen molar-refractivity contribution in [2.75, 3.05) is 11.9 Å². The lowest BCUT2D eigenvalue weighted by atomic mass is 9.72. The Morgan fingerprint density at radius 1 is 1.00 bits per heavy atom. The molecule has 4 aliphatic heterocycles. The molecule has 0 radical (unpaired) electrons. The molecular formula is C27H29N3O3S. The highest BCUT2D eigenvalue weighted by Gasteiger charge is 2.67. The van der Waals surface area contributed by atoms with Crippen LogP contribution in [0.4, 0.5) is 5.69 Å². The fourth-order valence-electron chi connectivity index (χ4n) is 6.62. The number of carbonyl (C=O) groups excluding carboxylic acids is 3. The number of benzene rings is 2. The van der Waals surface area contributed by atoms with E-state index in [1.807, 2.05) is 47.4 Å². The van der Waals surface area contributed by atoms with Gasteiger partial charge in [-0.1, -0.05) is 50.2 Å². The molecule has 3 saturated heterocycles. The van der Waals surface area contributed by atoms with Crippen molar-refractivity contribution in [3.05, 3.63) is 60.2 Å². The van der Waals surface area contributed by atoms with Crippen molar-refractivity contribution in [1.82, 2.24) is 9.80 Å². The van der Waals surface area contributed by atoms with E-state index in [0.29, 0.717) is 25.8 Å². The predicted octanol–water partition coefficient (Wildman–Crippen LogP) is 3.81. The minimum absolute atomic E-state index is 0.00896. The van der Waals surface area contributed by atoms with E-state index in [1.165, 1.54) is 0 Å². The van der Waals surface area contributed by atoms with Crippen LogP contribution >= 0.6 is 11.8 Å². The Labute approximate surface area is 204 Å². The van der Waals surface area contributed by atoms with Crippen molar-refractivity contribution in [3.8, 4) is 0 Å². The minimum Gasteiger partial charge on any atom is -0.329 e. The van der Waals surface area contributed by atoms with Gasteiger partial charge in [-0.15, -0.1) is 11.8 Å². The van der Waals surface area contributed by atoms with Crippen molar-refractivity contribution < 1.29 is 14.4 Å². The van der Waals surface area contributed by atoms with Crippen molar-refractivity contribution in [1.29, 1.82) is 0 Å². The van der Waals surface area contributed by atoms with Gasteiger partial charge in [-0.25, -0.2) is 0 Å². The Hall–Kier alpha value is -2.80. The van der Waals surface area contributed by atoms with Crippen LogP contribution in [0.25, 0.3) is 0 Å². The van der Waals surface area contributed by atoms with Gasteiger partial charge in [-0.05, 0) is 49.4 Å². The van der Waals surface area contributed by atoms with Crippen LogP contribution in [0, 0.1) is 0 Å². The van der Waals surface area contributed by atoms with Gasteiger partial charge in [0.05, 0.1) is 11.5 Å². The maximum absolute atomic E-state index is 13.8. The second-order valence-corrected chi connectivity index (χ2v) is 12.3. The van der Waals surface area contributed by atoms with Crippen LogP contribution in [0.5, 0.6) is 0 Å². The Kier molecular flexibility index (Phi) is 4.86. The van der Waals surface area contributed by atoms with E-state index in [1.54, 1.807) is 16.7 Å². The van der Waals surface area contributed by atoms with Crippen molar-refractivity contribution in [3.63, 3.8) is 0 Å². The van der Waals surface area contributed by atoms with Gasteiger partial charge in [0.25, 0.3) is 0 Å². The second kappa shape index (κ2) is 7.60. The molecule has 4 aliphatic rings. The van der Waals surface area contributed by atoms with Crippen LogP contribution in [0.15, 0.2) is 59.5 Å². The first-order valence-corrected chi connectivity index (χ1v) is 12.9. The Morgan fingerprint density at radius 2 is 1.74 bits per heavy atom. The zero-order valence-electron chi connectivity index (χ0n) is 19.5. The van der Waals surface area contributed by atoms with E-state index in [4.69, 9.17) is 0 Å². The minimum atomic E-state index is -0.916. The Morgan fingerprint density at radius 3 is 2.53 bits per heavy atom. The van der Waals surface area contributed by atoms with E-state index in [0.717, 1.165) is 22.6 Å². The number of amides is 3. The number of para-hydroxylation sites is 1. The standard InChI is InChI=1S/C27H29N3O3S/c1-26(2,34-17-9-4-3-5-10-17)16-22-27(18-11-6-7-12-19(18)28-25(27)33)15-21-23(31)29-14-8-13-20(29)24(32)30(21)22/h3-7,9-12,20-22H,8,13-16H2,1-2H3,(H,28,33)/t20-,21-,22-,27-/m0/s1. The van der Waals surface area contributed by atoms with Crippen LogP contribution in [0.2, 0.25) is 0 Å². The van der Waals surface area contributed by atoms with Gasteiger partial charge in [-0.2, -0.15) is 0 Å². The lowest BCUT2D eigenvalue weighted by Gasteiger charge is -2.44. The molecule has 0 aliphatic carbocycles. The number of thioether (sulfide) groups is 1. The fraction of sp³-hybridized carbons (Fsp3) is 0.444. The summed E-state index contributed by atoms with van der Waals surface area (Å²) in [6, 6.07) is 16.6. The van der Waals surface area contributed by atoms with Gasteiger partial charge < -0.3 is 15.1 Å². The van der Waals surface area contributed by atoms with Crippen molar-refractivity contribution in [2.24, 2.45) is 0 Å². The zero-order valence-corrected chi connectivity index (χ0v) is 20.3. The topological polar surface area (TPSA) is 69.7 Å². The van der Waals surface area contributed by atoms with E-state index in [-0.39, 0.29) is 34.6 Å². The number of nitrogens with one attached hydrogen (secondary N) is 1. The number of nitrogens with zero attached hydrogens (tertiary/aromatic N) is 2. The molecule has 1 N–H and O–H groups in total. The molecule has 176 valence electrons. The second-order valence-electron chi connectivity index (χ2n) is 10.5. The molecule has 34 heavy (non-hydrogen) atoms. The maximum atomic E-state index is 13.8. The fourth-order valence-corrected chi connectivity index (χ4v) is 7.79. The third kappa shape index (κ3) is 3.05. The molecule has 7 heteroatoms. The first-order chi connectivity index (χ1) is 16.3. The molecule has 0 saturated carbocycles. The molecule has 3 fully saturated rings. The van der Waals surface area contributed by atoms with Crippen molar-refractivity contribution in [2.45, 2.75) is 72.7 Å². The molecule has 6 nitrogen and oxygen atoms in total. The largest absolute Gasteiger partial charge is 0.329 e. The highest BCUT2D eigenvalue weighted by molar-refractivity contribution is 8.00. The van der Waals surface area contributed by atoms with E-state index in [2.05, 4.69) is 31.3 Å². The number of hydrogen-bond acceptors (Lipinski definition) is 4. The highest BCUT2D eigenvalue weighted by Crippen LogP contribution is 2.55. The Balaban J connectivity index is 1.45. The van der Waals surface area contributed by atoms with Crippen LogP contribution in [0.1, 0.15) is 45.1 Å². The molecule has 0 aromatic heterocycles. The average Bonchev–Trinajstić information content (AvgIpc) is 3.49. The molecule has 0 bridgehead atoms. The number of fused-ring (bicyclic) bond motifs is 4. The lowest BCUT2D eigenvalue weighted by molar-refractivity contribution is -0.159. The van der Waals surface area contributed by atoms with Gasteiger partial charge in [0.1, 0.15) is 12.1 Å². The van der Waals surface area contributed by atoms with E-state index in [9.17, 15) is 14.4 Å². The number of hydrogen-bond donors (Lipinski definition) is 1. The monoisotopic (exact) mass is 475 g/mol. The molecule has 6 rings (SSSR count). The summed E-state index contributed by atoms with van der Waals surface area (Å²) in [5.74, 6) is -0.0642. The number of carbonyl (C=O) groups is 3. The van der Waals surface area contributed by atoms with Crippen molar-refractivity contribution >= 4 is 35.2 Å². The summed E-state index contributed by atoms with van der Waals surface area (Å²) in [4.78, 5) is 45.9. The zero-order chi connectivity index (χ0) is 23.7. The molecular weight excluding hydrogens is 446 g/mol. The summed E-state index contributed by atoms with van der Waals surface area (Å²) < 4.78 is -0.262. The lowest BCUT2D eigenvalue weighted by Crippen LogP contribution is -2.63. The van der Waals surface area contributed by atoms with Crippen LogP contribution in [-0.4, -0.2) is 56.9 Å². The molecule has 4 atom stereocenters. The summed E-state index contributed by atoms with van der Waals surface area (Å²) in [5, 5.41) is 3.08. The van der Waals surface area contributed by atoms with Crippen LogP contribution < -0.4 is 5.32 Å². The normalized spacial score (nSPS) is 29.9. The van der Waals surface area contributed by atoms with E-state index >= 15 is 0 Å². The van der Waals surface area contributed by atoms with Gasteiger partial charge >= 0.3 is 0 Å². The summed E-state index contributed by atoms with van der Waals surface area (Å²) in [7, 11) is 0. The molecule has 1 spiro atoms. The number of rotatable bonds is 4. The third-order valence-electron chi connectivity index (χ3n) is 8.00. The molecule has 3 amide bonds. The molecule has 4 heterocycles. The summed E-state index contributed by atoms with van der Waals surface area (Å²) in [6.45, 7) is 4.97. The number of anilines is 1. The SMILES string of the molecule is CC(C)(C[C@@H]1N2C(=O)[C@@H]3CCCN3C(=O)[C@@H]2C[C@@]12C(=O)Nc1ccccc12)Sc1ccccc1. The van der Waals surface area contributed by atoms with Gasteiger partial charge in [0.15, 0.2) is 0 Å². The van der Waals surface area contributed by atoms with Gasteiger partial charge in [-0.3, -0.25) is 14.4 Å². The van der Waals surface area contributed by atoms with Gasteiger partial charge in [0, 0.05) is 21.9 Å².